The van der Waals surface area contributed by atoms with Crippen molar-refractivity contribution in [3.63, 3.8) is 0 Å². The third kappa shape index (κ3) is 5.82. The van der Waals surface area contributed by atoms with Gasteiger partial charge in [-0.2, -0.15) is 4.31 Å². The summed E-state index contributed by atoms with van der Waals surface area (Å²) >= 11 is 0. The van der Waals surface area contributed by atoms with Crippen LogP contribution in [0.1, 0.15) is 19.8 Å². The Balaban J connectivity index is 0.000000567. The van der Waals surface area contributed by atoms with Crippen LogP contribution in [-0.2, 0) is 14.8 Å². The summed E-state index contributed by atoms with van der Waals surface area (Å²) < 4.78 is 26.6. The van der Waals surface area contributed by atoms with Crippen LogP contribution >= 0.6 is 12.4 Å². The molecule has 166 valence electrons. The lowest BCUT2D eigenvalue weighted by molar-refractivity contribution is -0.137. The van der Waals surface area contributed by atoms with E-state index in [1.54, 1.807) is 38.5 Å². The number of carbonyl (C=O) groups is 1. The number of hydrogen-bond donors (Lipinski definition) is 4. The van der Waals surface area contributed by atoms with Gasteiger partial charge in [-0.3, -0.25) is 9.59 Å². The molecule has 11 heteroatoms. The molecule has 0 atom stereocenters. The van der Waals surface area contributed by atoms with Crippen LogP contribution < -0.4 is 10.9 Å². The van der Waals surface area contributed by atoms with Gasteiger partial charge < -0.3 is 20.4 Å². The molecule has 0 aliphatic carbocycles. The second kappa shape index (κ2) is 11.1. The Morgan fingerprint density at radius 3 is 2.50 bits per heavy atom. The highest BCUT2D eigenvalue weighted by Crippen LogP contribution is 2.24. The average molecular weight is 459 g/mol. The summed E-state index contributed by atoms with van der Waals surface area (Å²) in [6.07, 6.45) is 2.69. The van der Waals surface area contributed by atoms with Crippen LogP contribution in [0, 0.1) is 0 Å². The number of pyridine rings is 1. The zero-order valence-corrected chi connectivity index (χ0v) is 18.7. The summed E-state index contributed by atoms with van der Waals surface area (Å²) in [6, 6.07) is 6.52. The Kier molecular flexibility index (Phi) is 9.50. The second-order valence-corrected chi connectivity index (χ2v) is 8.55. The molecule has 4 N–H and O–H groups in total. The van der Waals surface area contributed by atoms with E-state index < -0.39 is 16.0 Å². The molecule has 2 aromatic heterocycles. The molecular weight excluding hydrogens is 432 g/mol. The van der Waals surface area contributed by atoms with Crippen molar-refractivity contribution >= 4 is 50.2 Å². The Morgan fingerprint density at radius 2 is 1.93 bits per heavy atom. The van der Waals surface area contributed by atoms with E-state index in [-0.39, 0.29) is 22.9 Å². The third-order valence-electron chi connectivity index (χ3n) is 4.35. The topological polar surface area (TPSA) is 135 Å². The Morgan fingerprint density at radius 1 is 1.23 bits per heavy atom. The summed E-state index contributed by atoms with van der Waals surface area (Å²) in [5.74, 6) is -0.711. The summed E-state index contributed by atoms with van der Waals surface area (Å²) in [6.45, 7) is 2.79. The highest BCUT2D eigenvalue weighted by Gasteiger charge is 2.21. The van der Waals surface area contributed by atoms with Gasteiger partial charge in [0.25, 0.3) is 5.56 Å². The first-order valence-electron chi connectivity index (χ1n) is 9.18. The van der Waals surface area contributed by atoms with Gasteiger partial charge in [0.05, 0.1) is 4.90 Å². The van der Waals surface area contributed by atoms with Gasteiger partial charge in [-0.1, -0.05) is 6.92 Å². The number of halogens is 1. The maximum absolute atomic E-state index is 12.6. The fourth-order valence-electron chi connectivity index (χ4n) is 2.77. The molecule has 0 saturated carbocycles. The number of aromatic amines is 2. The molecule has 0 fully saturated rings. The number of aromatic nitrogens is 2. The molecule has 0 bridgehead atoms. The number of benzene rings is 1. The molecule has 9 nitrogen and oxygen atoms in total. The highest BCUT2D eigenvalue weighted by molar-refractivity contribution is 7.89. The number of hydrogen-bond acceptors (Lipinski definition) is 5. The molecule has 3 aromatic rings. The van der Waals surface area contributed by atoms with E-state index in [4.69, 9.17) is 5.11 Å². The molecule has 0 spiro atoms. The molecule has 0 radical (unpaired) electrons. The van der Waals surface area contributed by atoms with E-state index in [0.29, 0.717) is 41.3 Å². The minimum Gasteiger partial charge on any atom is -0.481 e. The van der Waals surface area contributed by atoms with E-state index in [1.165, 1.54) is 10.4 Å². The van der Waals surface area contributed by atoms with Crippen LogP contribution in [0.25, 0.3) is 21.8 Å². The predicted molar refractivity (Wildman–Crippen MR) is 120 cm³/mol. The SMILES string of the molecule is CCCC(=O)O.CNCCN(C)S(=O)(=O)c1ccc2[nH]c(=O)c3[nH]ccc3c2c1.Cl. The van der Waals surface area contributed by atoms with E-state index in [1.807, 2.05) is 6.92 Å². The fourth-order valence-corrected chi connectivity index (χ4v) is 3.96. The van der Waals surface area contributed by atoms with E-state index in [2.05, 4.69) is 15.3 Å². The van der Waals surface area contributed by atoms with Crippen molar-refractivity contribution in [1.82, 2.24) is 19.6 Å². The molecular formula is C19H27ClN4O5S. The molecule has 0 saturated heterocycles. The van der Waals surface area contributed by atoms with Crippen molar-refractivity contribution in [1.29, 1.82) is 0 Å². The molecule has 0 aliphatic rings. The maximum atomic E-state index is 12.6. The number of fused-ring (bicyclic) bond motifs is 3. The first kappa shape index (κ1) is 25.6. The van der Waals surface area contributed by atoms with E-state index in [9.17, 15) is 18.0 Å². The quantitative estimate of drug-likeness (QED) is 0.428. The molecule has 30 heavy (non-hydrogen) atoms. The Labute approximate surface area is 180 Å². The zero-order chi connectivity index (χ0) is 21.6. The van der Waals surface area contributed by atoms with Gasteiger partial charge >= 0.3 is 5.97 Å². The molecule has 2 heterocycles. The van der Waals surface area contributed by atoms with E-state index in [0.717, 1.165) is 6.42 Å². The van der Waals surface area contributed by atoms with Crippen LogP contribution in [0.4, 0.5) is 0 Å². The number of H-pyrrole nitrogens is 2. The van der Waals surface area contributed by atoms with Crippen molar-refractivity contribution in [3.05, 3.63) is 40.8 Å². The minimum absolute atomic E-state index is 0. The Hall–Kier alpha value is -2.40. The molecule has 0 unspecified atom stereocenters. The van der Waals surface area contributed by atoms with Gasteiger partial charge in [0.15, 0.2) is 0 Å². The molecule has 0 amide bonds. The number of rotatable bonds is 7. The summed E-state index contributed by atoms with van der Waals surface area (Å²) in [5.41, 5.74) is 0.828. The van der Waals surface area contributed by atoms with Crippen molar-refractivity contribution in [2.45, 2.75) is 24.7 Å². The lowest BCUT2D eigenvalue weighted by Gasteiger charge is -2.17. The number of aliphatic carboxylic acids is 1. The lowest BCUT2D eigenvalue weighted by atomic mass is 10.1. The van der Waals surface area contributed by atoms with Gasteiger partial charge in [0.1, 0.15) is 5.52 Å². The molecule has 1 aromatic carbocycles. The van der Waals surface area contributed by atoms with Gasteiger partial charge in [0, 0.05) is 49.0 Å². The fraction of sp³-hybridized carbons (Fsp3) is 0.368. The number of sulfonamides is 1. The van der Waals surface area contributed by atoms with Crippen LogP contribution in [0.2, 0.25) is 0 Å². The largest absolute Gasteiger partial charge is 0.481 e. The first-order chi connectivity index (χ1) is 13.7. The Bertz CT molecular complexity index is 1160. The summed E-state index contributed by atoms with van der Waals surface area (Å²) in [7, 11) is -0.249. The number of nitrogens with one attached hydrogen (secondary N) is 3. The van der Waals surface area contributed by atoms with Crippen LogP contribution in [-0.4, -0.2) is 61.0 Å². The second-order valence-electron chi connectivity index (χ2n) is 6.50. The van der Waals surface area contributed by atoms with Gasteiger partial charge in [-0.25, -0.2) is 8.42 Å². The third-order valence-corrected chi connectivity index (χ3v) is 6.21. The highest BCUT2D eigenvalue weighted by atomic mass is 35.5. The van der Waals surface area contributed by atoms with E-state index >= 15 is 0 Å². The van der Waals surface area contributed by atoms with Crippen LogP contribution in [0.5, 0.6) is 0 Å². The van der Waals surface area contributed by atoms with Crippen molar-refractivity contribution in [2.24, 2.45) is 0 Å². The molecule has 0 aliphatic heterocycles. The molecule has 3 rings (SSSR count). The average Bonchev–Trinajstić information content (AvgIpc) is 3.17. The van der Waals surface area contributed by atoms with Gasteiger partial charge in [-0.05, 0) is 37.7 Å². The number of likely N-dealkylation sites (N-methyl/N-ethyl adjacent to an activating group) is 2. The van der Waals surface area contributed by atoms with Crippen molar-refractivity contribution in [2.75, 3.05) is 27.2 Å². The van der Waals surface area contributed by atoms with Gasteiger partial charge in [0.2, 0.25) is 10.0 Å². The monoisotopic (exact) mass is 458 g/mol. The van der Waals surface area contributed by atoms with Crippen LogP contribution in [0.3, 0.4) is 0 Å². The van der Waals surface area contributed by atoms with Gasteiger partial charge in [-0.15, -0.1) is 12.4 Å². The maximum Gasteiger partial charge on any atom is 0.303 e. The van der Waals surface area contributed by atoms with Crippen LogP contribution in [0.15, 0.2) is 40.2 Å². The number of carboxylic acids is 1. The van der Waals surface area contributed by atoms with Crippen molar-refractivity contribution < 1.29 is 18.3 Å². The predicted octanol–water partition coefficient (Wildman–Crippen LogP) is 2.14. The standard InChI is InChI=1S/C15H18N4O3S.C4H8O2.ClH/c1-16-7-8-19(2)23(21,22)10-3-4-13-12(9-10)11-5-6-17-14(11)15(20)18-13;1-2-3-4(5)6;/h3-6,9,16-17H,7-8H2,1-2H3,(H,18,20);2-3H2,1H3,(H,5,6);1H. The number of nitrogens with zero attached hydrogens (tertiary/aromatic N) is 1. The lowest BCUT2D eigenvalue weighted by Crippen LogP contribution is -2.32. The first-order valence-corrected chi connectivity index (χ1v) is 10.6. The summed E-state index contributed by atoms with van der Waals surface area (Å²) in [5, 5.41) is 12.2. The zero-order valence-electron chi connectivity index (χ0n) is 17.1. The number of carboxylic acid groups (broad SMARTS) is 1. The minimum atomic E-state index is -3.57. The smallest absolute Gasteiger partial charge is 0.303 e. The van der Waals surface area contributed by atoms with Crippen molar-refractivity contribution in [3.8, 4) is 0 Å². The normalized spacial score (nSPS) is 11.2. The summed E-state index contributed by atoms with van der Waals surface area (Å²) in [4.78, 5) is 27.4.